The van der Waals surface area contributed by atoms with E-state index in [9.17, 15) is 4.39 Å². The number of hydrogen-bond donors (Lipinski definition) is 1. The molecule has 19 heavy (non-hydrogen) atoms. The van der Waals surface area contributed by atoms with Crippen molar-refractivity contribution in [3.8, 4) is 10.6 Å². The van der Waals surface area contributed by atoms with Gasteiger partial charge >= 0.3 is 0 Å². The van der Waals surface area contributed by atoms with Gasteiger partial charge < -0.3 is 5.32 Å². The number of halogens is 1. The Balaban J connectivity index is 2.11. The van der Waals surface area contributed by atoms with Crippen LogP contribution in [0.15, 0.2) is 36.4 Å². The van der Waals surface area contributed by atoms with Gasteiger partial charge in [-0.25, -0.2) is 9.37 Å². The average molecular weight is 272 g/mol. The number of aryl methyl sites for hydroxylation is 1. The van der Waals surface area contributed by atoms with Gasteiger partial charge in [0.25, 0.3) is 0 Å². The van der Waals surface area contributed by atoms with Gasteiger partial charge in [0.15, 0.2) is 0 Å². The van der Waals surface area contributed by atoms with E-state index in [0.717, 1.165) is 26.5 Å². The molecule has 0 aliphatic rings. The smallest absolute Gasteiger partial charge is 0.125 e. The average Bonchev–Trinajstić information content (AvgIpc) is 2.81. The molecule has 0 saturated heterocycles. The van der Waals surface area contributed by atoms with Crippen LogP contribution < -0.4 is 5.32 Å². The second-order valence-electron chi connectivity index (χ2n) is 4.41. The lowest BCUT2D eigenvalue weighted by molar-refractivity contribution is 0.629. The predicted molar refractivity (Wildman–Crippen MR) is 79.3 cm³/mol. The van der Waals surface area contributed by atoms with E-state index in [2.05, 4.69) is 23.3 Å². The molecule has 0 amide bonds. The molecule has 0 fully saturated rings. The number of rotatable bonds is 2. The highest BCUT2D eigenvalue weighted by Crippen LogP contribution is 2.32. The minimum atomic E-state index is -0.244. The van der Waals surface area contributed by atoms with Crippen molar-refractivity contribution in [2.24, 2.45) is 0 Å². The summed E-state index contributed by atoms with van der Waals surface area (Å²) in [4.78, 5) is 4.50. The standard InChI is InChI=1S/C15H13FN2S/c1-9-7-10(3-5-12(9)17-2)15-18-13-8-11(16)4-6-14(13)19-15/h3-8,17H,1-2H3. The Morgan fingerprint density at radius 1 is 1.16 bits per heavy atom. The molecule has 2 aromatic carbocycles. The van der Waals surface area contributed by atoms with Crippen LogP contribution in [0.3, 0.4) is 0 Å². The maximum Gasteiger partial charge on any atom is 0.125 e. The van der Waals surface area contributed by atoms with E-state index in [1.165, 1.54) is 17.7 Å². The number of nitrogens with zero attached hydrogens (tertiary/aromatic N) is 1. The van der Waals surface area contributed by atoms with Gasteiger partial charge in [-0.15, -0.1) is 11.3 Å². The summed E-state index contributed by atoms with van der Waals surface area (Å²) in [6.45, 7) is 2.06. The normalized spacial score (nSPS) is 10.9. The number of benzene rings is 2. The van der Waals surface area contributed by atoms with E-state index in [0.29, 0.717) is 0 Å². The third-order valence-corrected chi connectivity index (χ3v) is 4.18. The number of anilines is 1. The minimum absolute atomic E-state index is 0.244. The van der Waals surface area contributed by atoms with Crippen molar-refractivity contribution in [3.05, 3.63) is 47.8 Å². The number of thiazole rings is 1. The predicted octanol–water partition coefficient (Wildman–Crippen LogP) is 4.45. The fourth-order valence-corrected chi connectivity index (χ4v) is 3.04. The molecule has 0 atom stereocenters. The van der Waals surface area contributed by atoms with Crippen molar-refractivity contribution in [1.82, 2.24) is 4.98 Å². The summed E-state index contributed by atoms with van der Waals surface area (Å²) in [5.74, 6) is -0.244. The summed E-state index contributed by atoms with van der Waals surface area (Å²) < 4.78 is 14.2. The molecule has 0 aliphatic heterocycles. The van der Waals surface area contributed by atoms with Gasteiger partial charge in [0, 0.05) is 24.4 Å². The zero-order valence-electron chi connectivity index (χ0n) is 10.7. The molecule has 3 rings (SSSR count). The molecule has 1 N–H and O–H groups in total. The van der Waals surface area contributed by atoms with Crippen molar-refractivity contribution >= 4 is 27.2 Å². The summed E-state index contributed by atoms with van der Waals surface area (Å²) in [6, 6.07) is 10.9. The maximum absolute atomic E-state index is 13.2. The van der Waals surface area contributed by atoms with Crippen molar-refractivity contribution in [2.45, 2.75) is 6.92 Å². The molecular formula is C15H13FN2S. The third kappa shape index (κ3) is 2.19. The quantitative estimate of drug-likeness (QED) is 0.745. The SMILES string of the molecule is CNc1ccc(-c2nc3cc(F)ccc3s2)cc1C. The molecule has 1 heterocycles. The molecule has 3 aromatic rings. The van der Waals surface area contributed by atoms with Crippen molar-refractivity contribution < 1.29 is 4.39 Å². The van der Waals surface area contributed by atoms with E-state index < -0.39 is 0 Å². The van der Waals surface area contributed by atoms with E-state index in [1.54, 1.807) is 17.4 Å². The number of nitrogens with one attached hydrogen (secondary N) is 1. The van der Waals surface area contributed by atoms with Crippen molar-refractivity contribution in [1.29, 1.82) is 0 Å². The van der Waals surface area contributed by atoms with E-state index in [1.807, 2.05) is 19.2 Å². The third-order valence-electron chi connectivity index (χ3n) is 3.09. The Bertz CT molecular complexity index is 749. The van der Waals surface area contributed by atoms with Crippen LogP contribution in [0.1, 0.15) is 5.56 Å². The maximum atomic E-state index is 13.2. The molecule has 2 nitrogen and oxygen atoms in total. The second-order valence-corrected chi connectivity index (χ2v) is 5.44. The summed E-state index contributed by atoms with van der Waals surface area (Å²) in [7, 11) is 1.91. The van der Waals surface area contributed by atoms with Gasteiger partial charge in [-0.3, -0.25) is 0 Å². The van der Waals surface area contributed by atoms with E-state index in [-0.39, 0.29) is 5.82 Å². The van der Waals surface area contributed by atoms with Crippen molar-refractivity contribution in [2.75, 3.05) is 12.4 Å². The molecule has 0 bridgehead atoms. The van der Waals surface area contributed by atoms with Crippen LogP contribution in [0, 0.1) is 12.7 Å². The summed E-state index contributed by atoms with van der Waals surface area (Å²) in [5.41, 5.74) is 4.06. The Kier molecular flexibility index (Phi) is 2.95. The first-order valence-electron chi connectivity index (χ1n) is 6.02. The highest BCUT2D eigenvalue weighted by Gasteiger charge is 2.08. The highest BCUT2D eigenvalue weighted by molar-refractivity contribution is 7.21. The Morgan fingerprint density at radius 2 is 2.00 bits per heavy atom. The first-order chi connectivity index (χ1) is 9.17. The summed E-state index contributed by atoms with van der Waals surface area (Å²) in [6.07, 6.45) is 0. The Morgan fingerprint density at radius 3 is 2.74 bits per heavy atom. The second kappa shape index (κ2) is 4.63. The fraction of sp³-hybridized carbons (Fsp3) is 0.133. The monoisotopic (exact) mass is 272 g/mol. The van der Waals surface area contributed by atoms with Crippen LogP contribution >= 0.6 is 11.3 Å². The zero-order chi connectivity index (χ0) is 13.4. The largest absolute Gasteiger partial charge is 0.388 e. The van der Waals surface area contributed by atoms with Crippen LogP contribution in [-0.4, -0.2) is 12.0 Å². The van der Waals surface area contributed by atoms with Crippen LogP contribution in [0.4, 0.5) is 10.1 Å². The Labute approximate surface area is 114 Å². The van der Waals surface area contributed by atoms with Crippen molar-refractivity contribution in [3.63, 3.8) is 0 Å². The van der Waals surface area contributed by atoms with Gasteiger partial charge in [0.1, 0.15) is 10.8 Å². The molecule has 0 aliphatic carbocycles. The lowest BCUT2D eigenvalue weighted by Crippen LogP contribution is -1.91. The van der Waals surface area contributed by atoms with Gasteiger partial charge in [0.05, 0.1) is 10.2 Å². The minimum Gasteiger partial charge on any atom is -0.388 e. The molecule has 4 heteroatoms. The van der Waals surface area contributed by atoms with Crippen LogP contribution in [-0.2, 0) is 0 Å². The van der Waals surface area contributed by atoms with Gasteiger partial charge in [-0.2, -0.15) is 0 Å². The van der Waals surface area contributed by atoms with E-state index >= 15 is 0 Å². The summed E-state index contributed by atoms with van der Waals surface area (Å²) in [5, 5.41) is 4.06. The fourth-order valence-electron chi connectivity index (χ4n) is 2.10. The molecular weight excluding hydrogens is 259 g/mol. The topological polar surface area (TPSA) is 24.9 Å². The molecule has 0 radical (unpaired) electrons. The highest BCUT2D eigenvalue weighted by atomic mass is 32.1. The lowest BCUT2D eigenvalue weighted by atomic mass is 10.1. The summed E-state index contributed by atoms with van der Waals surface area (Å²) >= 11 is 1.58. The molecule has 0 unspecified atom stereocenters. The first-order valence-corrected chi connectivity index (χ1v) is 6.84. The number of aromatic nitrogens is 1. The van der Waals surface area contributed by atoms with Crippen LogP contribution in [0.25, 0.3) is 20.8 Å². The molecule has 1 aromatic heterocycles. The molecule has 96 valence electrons. The molecule has 0 spiro atoms. The van der Waals surface area contributed by atoms with Crippen LogP contribution in [0.2, 0.25) is 0 Å². The molecule has 0 saturated carbocycles. The van der Waals surface area contributed by atoms with E-state index in [4.69, 9.17) is 0 Å². The Hall–Kier alpha value is -1.94. The van der Waals surface area contributed by atoms with Gasteiger partial charge in [-0.1, -0.05) is 0 Å². The number of fused-ring (bicyclic) bond motifs is 1. The van der Waals surface area contributed by atoms with Gasteiger partial charge in [-0.05, 0) is 42.8 Å². The first kappa shape index (κ1) is 12.1. The zero-order valence-corrected chi connectivity index (χ0v) is 11.5. The number of hydrogen-bond acceptors (Lipinski definition) is 3. The lowest BCUT2D eigenvalue weighted by Gasteiger charge is -2.05. The van der Waals surface area contributed by atoms with Crippen LogP contribution in [0.5, 0.6) is 0 Å². The van der Waals surface area contributed by atoms with Gasteiger partial charge in [0.2, 0.25) is 0 Å².